The van der Waals surface area contributed by atoms with Crippen LogP contribution in [0.25, 0.3) is 0 Å². The van der Waals surface area contributed by atoms with E-state index in [0.717, 1.165) is 0 Å². The van der Waals surface area contributed by atoms with Crippen LogP contribution in [0.2, 0.25) is 0 Å². The number of allylic oxidation sites excluding steroid dienone is 1. The summed E-state index contributed by atoms with van der Waals surface area (Å²) < 4.78 is 17.8. The number of aliphatic hydroxyl groups excluding tert-OH is 1. The van der Waals surface area contributed by atoms with Crippen molar-refractivity contribution in [3.63, 3.8) is 0 Å². The van der Waals surface area contributed by atoms with Gasteiger partial charge in [0.2, 0.25) is 11.8 Å². The predicted octanol–water partition coefficient (Wildman–Crippen LogP) is 2.31. The fourth-order valence-corrected chi connectivity index (χ4v) is 6.96. The molecule has 0 aliphatic carbocycles. The molecular formula is C34H37N3O8. The number of carbonyl (C=O) groups is 4. The Kier molecular flexibility index (Phi) is 8.48. The minimum Gasteiger partial charge on any atom is -0.497 e. The number of rotatable bonds is 5. The molecule has 1 spiro atoms. The Labute approximate surface area is 261 Å². The maximum absolute atomic E-state index is 14.8. The standard InChI is InChI=1S/C34H37N3O8/c1-21-19-35-27(39)12-7-6-11-26-28(33(42)44-21)29-31(40)37(25(20-38)22-9-4-3-5-10-22)30-32(41)36(18-8-17-34(29,30)45-26)23-13-15-24(43-2)16-14-23/h3-6,8-11,13-17,21,25-26,28-30,38H,7,12,18-20H2,1-2H3,(H,35,39)/b11-6-/t21-,25+,26-,28+,29+,30-,34+/m0/s1. The van der Waals surface area contributed by atoms with Crippen molar-refractivity contribution in [2.24, 2.45) is 11.8 Å². The molecule has 4 heterocycles. The summed E-state index contributed by atoms with van der Waals surface area (Å²) >= 11 is 0. The summed E-state index contributed by atoms with van der Waals surface area (Å²) in [5.74, 6) is -3.26. The molecule has 11 heteroatoms. The quantitative estimate of drug-likeness (QED) is 0.387. The van der Waals surface area contributed by atoms with Gasteiger partial charge in [0.15, 0.2) is 0 Å². The van der Waals surface area contributed by atoms with Crippen LogP contribution in [0.1, 0.15) is 31.4 Å². The lowest BCUT2D eigenvalue weighted by atomic mass is 9.78. The molecule has 2 N–H and O–H groups in total. The first-order chi connectivity index (χ1) is 21.8. The van der Waals surface area contributed by atoms with E-state index in [2.05, 4.69) is 5.32 Å². The smallest absolute Gasteiger partial charge is 0.313 e. The highest BCUT2D eigenvalue weighted by molar-refractivity contribution is 6.05. The summed E-state index contributed by atoms with van der Waals surface area (Å²) in [7, 11) is 1.56. The number of amides is 3. The molecule has 0 aromatic heterocycles. The molecule has 3 amide bonds. The molecule has 2 aromatic carbocycles. The van der Waals surface area contributed by atoms with E-state index in [9.17, 15) is 24.3 Å². The van der Waals surface area contributed by atoms with Crippen LogP contribution in [0.5, 0.6) is 5.75 Å². The van der Waals surface area contributed by atoms with Crippen LogP contribution in [0.15, 0.2) is 78.9 Å². The van der Waals surface area contributed by atoms with E-state index in [1.807, 2.05) is 6.07 Å². The molecule has 236 valence electrons. The molecule has 2 aromatic rings. The highest BCUT2D eigenvalue weighted by Gasteiger charge is 2.72. The summed E-state index contributed by atoms with van der Waals surface area (Å²) in [5.41, 5.74) is -0.302. The zero-order chi connectivity index (χ0) is 31.7. The van der Waals surface area contributed by atoms with E-state index in [1.54, 1.807) is 91.8 Å². The molecule has 0 saturated carbocycles. The number of esters is 1. The van der Waals surface area contributed by atoms with Gasteiger partial charge in [-0.2, -0.15) is 0 Å². The minimum atomic E-state index is -1.53. The van der Waals surface area contributed by atoms with Crippen molar-refractivity contribution < 1.29 is 38.5 Å². The van der Waals surface area contributed by atoms with E-state index in [4.69, 9.17) is 14.2 Å². The Hall–Kier alpha value is -4.48. The maximum Gasteiger partial charge on any atom is 0.313 e. The van der Waals surface area contributed by atoms with Crippen molar-refractivity contribution in [1.29, 1.82) is 0 Å². The number of fused-ring (bicyclic) bond motifs is 2. The van der Waals surface area contributed by atoms with Crippen LogP contribution in [0.4, 0.5) is 5.69 Å². The second-order valence-corrected chi connectivity index (χ2v) is 11.8. The number of hydrogen-bond donors (Lipinski definition) is 2. The van der Waals surface area contributed by atoms with Gasteiger partial charge >= 0.3 is 5.97 Å². The molecule has 0 unspecified atom stereocenters. The Morgan fingerprint density at radius 3 is 2.51 bits per heavy atom. The average molecular weight is 616 g/mol. The molecule has 45 heavy (non-hydrogen) atoms. The normalized spacial score (nSPS) is 31.4. The topological polar surface area (TPSA) is 135 Å². The highest BCUT2D eigenvalue weighted by Crippen LogP contribution is 2.55. The number of carbonyl (C=O) groups excluding carboxylic acids is 4. The summed E-state index contributed by atoms with van der Waals surface area (Å²) in [6.07, 6.45) is 6.08. The number of nitrogens with zero attached hydrogens (tertiary/aromatic N) is 2. The van der Waals surface area contributed by atoms with Crippen molar-refractivity contribution >= 4 is 29.4 Å². The predicted molar refractivity (Wildman–Crippen MR) is 163 cm³/mol. The number of cyclic esters (lactones) is 1. The summed E-state index contributed by atoms with van der Waals surface area (Å²) in [6, 6.07) is 14.0. The zero-order valence-electron chi connectivity index (χ0n) is 25.2. The van der Waals surface area contributed by atoms with Gasteiger partial charge < -0.3 is 34.4 Å². The van der Waals surface area contributed by atoms with Crippen molar-refractivity contribution in [1.82, 2.24) is 10.2 Å². The van der Waals surface area contributed by atoms with Crippen molar-refractivity contribution in [3.05, 3.63) is 84.5 Å². The maximum atomic E-state index is 14.8. The van der Waals surface area contributed by atoms with Crippen LogP contribution < -0.4 is 15.0 Å². The number of methoxy groups -OCH3 is 1. The number of aliphatic hydroxyl groups is 1. The van der Waals surface area contributed by atoms with Crippen LogP contribution in [-0.2, 0) is 28.7 Å². The van der Waals surface area contributed by atoms with Gasteiger partial charge in [0, 0.05) is 18.7 Å². The average Bonchev–Trinajstić information content (AvgIpc) is 3.43. The molecule has 0 bridgehead atoms. The third kappa shape index (κ3) is 5.40. The molecule has 0 radical (unpaired) electrons. The van der Waals surface area contributed by atoms with Crippen LogP contribution in [0.3, 0.4) is 0 Å². The lowest BCUT2D eigenvalue weighted by molar-refractivity contribution is -0.159. The second kappa shape index (κ2) is 12.5. The molecular weight excluding hydrogens is 578 g/mol. The largest absolute Gasteiger partial charge is 0.497 e. The van der Waals surface area contributed by atoms with Crippen molar-refractivity contribution in [3.8, 4) is 5.75 Å². The molecule has 4 aliphatic rings. The first-order valence-electron chi connectivity index (χ1n) is 15.2. The zero-order valence-corrected chi connectivity index (χ0v) is 25.2. The molecule has 4 aliphatic heterocycles. The SMILES string of the molecule is COc1ccc(N2CC=C[C@@]34O[C@H]5/C=C\CCC(=O)NC[C@H](C)OC(=O)[C@H]5[C@@H]3C(=O)N([C@H](CO)c3ccccc3)[C@H]4C2=O)cc1. The minimum absolute atomic E-state index is 0.126. The van der Waals surface area contributed by atoms with Gasteiger partial charge in [-0.1, -0.05) is 54.6 Å². The first kappa shape index (κ1) is 30.5. The lowest BCUT2D eigenvalue weighted by Gasteiger charge is -2.38. The molecule has 11 nitrogen and oxygen atoms in total. The molecule has 2 saturated heterocycles. The number of ether oxygens (including phenoxy) is 3. The van der Waals surface area contributed by atoms with E-state index in [0.29, 0.717) is 23.4 Å². The van der Waals surface area contributed by atoms with E-state index >= 15 is 0 Å². The number of benzene rings is 2. The monoisotopic (exact) mass is 615 g/mol. The van der Waals surface area contributed by atoms with E-state index < -0.39 is 66.1 Å². The van der Waals surface area contributed by atoms with Gasteiger partial charge in [0.25, 0.3) is 5.91 Å². The highest BCUT2D eigenvalue weighted by atomic mass is 16.6. The fraction of sp³-hybridized carbons (Fsp3) is 0.412. The summed E-state index contributed by atoms with van der Waals surface area (Å²) in [6.45, 7) is 1.53. The van der Waals surface area contributed by atoms with Gasteiger partial charge in [0.1, 0.15) is 29.4 Å². The van der Waals surface area contributed by atoms with Crippen molar-refractivity contribution in [2.75, 3.05) is 31.7 Å². The molecule has 2 fully saturated rings. The molecule has 6 rings (SSSR count). The Bertz CT molecular complexity index is 1510. The van der Waals surface area contributed by atoms with Gasteiger partial charge in [-0.3, -0.25) is 19.2 Å². The third-order valence-electron chi connectivity index (χ3n) is 9.05. The fourth-order valence-electron chi connectivity index (χ4n) is 6.96. The number of hydrogen-bond acceptors (Lipinski definition) is 8. The van der Waals surface area contributed by atoms with Crippen LogP contribution in [-0.4, -0.2) is 84.4 Å². The number of likely N-dealkylation sites (tertiary alicyclic amines) is 1. The number of nitrogens with one attached hydrogen (secondary N) is 1. The van der Waals surface area contributed by atoms with Gasteiger partial charge in [-0.15, -0.1) is 0 Å². The van der Waals surface area contributed by atoms with Gasteiger partial charge in [-0.05, 0) is 43.2 Å². The van der Waals surface area contributed by atoms with Crippen LogP contribution in [0, 0.1) is 11.8 Å². The Morgan fingerprint density at radius 1 is 1.04 bits per heavy atom. The Balaban J connectivity index is 1.48. The lowest BCUT2D eigenvalue weighted by Crippen LogP contribution is -2.56. The van der Waals surface area contributed by atoms with E-state index in [-0.39, 0.29) is 25.4 Å². The number of anilines is 1. The third-order valence-corrected chi connectivity index (χ3v) is 9.05. The van der Waals surface area contributed by atoms with Crippen LogP contribution >= 0.6 is 0 Å². The van der Waals surface area contributed by atoms with Crippen molar-refractivity contribution in [2.45, 2.75) is 49.7 Å². The second-order valence-electron chi connectivity index (χ2n) is 11.8. The Morgan fingerprint density at radius 2 is 1.80 bits per heavy atom. The van der Waals surface area contributed by atoms with Gasteiger partial charge in [0.05, 0.1) is 38.3 Å². The summed E-state index contributed by atoms with van der Waals surface area (Å²) in [5, 5.41) is 13.5. The first-order valence-corrected chi connectivity index (χ1v) is 15.2. The summed E-state index contributed by atoms with van der Waals surface area (Å²) in [4.78, 5) is 58.6. The van der Waals surface area contributed by atoms with Gasteiger partial charge in [-0.25, -0.2) is 0 Å². The van der Waals surface area contributed by atoms with E-state index in [1.165, 1.54) is 4.90 Å². The molecule has 7 atom stereocenters.